The number of aryl methyl sites for hydroxylation is 2. The third kappa shape index (κ3) is 4.82. The molecule has 0 amide bonds. The van der Waals surface area contributed by atoms with Gasteiger partial charge in [-0.15, -0.1) is 0 Å². The van der Waals surface area contributed by atoms with Crippen LogP contribution < -0.4 is 10.2 Å². The highest BCUT2D eigenvalue weighted by Crippen LogP contribution is 2.24. The van der Waals surface area contributed by atoms with Crippen molar-refractivity contribution >= 4 is 17.5 Å². The van der Waals surface area contributed by atoms with E-state index in [2.05, 4.69) is 83.6 Å². The summed E-state index contributed by atoms with van der Waals surface area (Å²) in [5, 5.41) is 3.35. The fourth-order valence-corrected chi connectivity index (χ4v) is 2.99. The third-order valence-electron chi connectivity index (χ3n) is 4.32. The Bertz CT molecular complexity index is 817. The molecule has 0 aliphatic rings. The number of rotatable bonds is 8. The van der Waals surface area contributed by atoms with Crippen LogP contribution in [0.15, 0.2) is 66.9 Å². The van der Waals surface area contributed by atoms with E-state index in [1.54, 1.807) is 0 Å². The van der Waals surface area contributed by atoms with Crippen molar-refractivity contribution in [2.45, 2.75) is 26.7 Å². The minimum absolute atomic E-state index is 0.682. The second kappa shape index (κ2) is 8.99. The average molecular weight is 346 g/mol. The summed E-state index contributed by atoms with van der Waals surface area (Å²) < 4.78 is 0. The van der Waals surface area contributed by atoms with E-state index in [0.29, 0.717) is 5.95 Å². The fourth-order valence-electron chi connectivity index (χ4n) is 2.99. The molecular weight excluding hydrogens is 320 g/mol. The number of nitrogens with one attached hydrogen (secondary N) is 1. The Morgan fingerprint density at radius 3 is 2.62 bits per heavy atom. The lowest BCUT2D eigenvalue weighted by atomic mass is 10.1. The van der Waals surface area contributed by atoms with Gasteiger partial charge in [0.25, 0.3) is 0 Å². The largest absolute Gasteiger partial charge is 0.354 e. The minimum Gasteiger partial charge on any atom is -0.354 e. The molecule has 26 heavy (non-hydrogen) atoms. The molecule has 0 bridgehead atoms. The summed E-state index contributed by atoms with van der Waals surface area (Å²) in [6, 6.07) is 21.0. The van der Waals surface area contributed by atoms with Crippen LogP contribution in [0.5, 0.6) is 0 Å². The Labute approximate surface area is 155 Å². The fraction of sp³-hybridized carbons (Fsp3) is 0.273. The van der Waals surface area contributed by atoms with Crippen molar-refractivity contribution in [3.63, 3.8) is 0 Å². The van der Waals surface area contributed by atoms with E-state index in [1.807, 2.05) is 12.3 Å². The summed E-state index contributed by atoms with van der Waals surface area (Å²) in [4.78, 5) is 11.3. The molecule has 0 aliphatic carbocycles. The van der Waals surface area contributed by atoms with Crippen LogP contribution in [0.3, 0.4) is 0 Å². The zero-order valence-electron chi connectivity index (χ0n) is 15.5. The maximum atomic E-state index is 4.70. The van der Waals surface area contributed by atoms with Crippen LogP contribution in [0.25, 0.3) is 0 Å². The van der Waals surface area contributed by atoms with Gasteiger partial charge < -0.3 is 10.2 Å². The highest BCUT2D eigenvalue weighted by Gasteiger charge is 2.10. The van der Waals surface area contributed by atoms with Crippen LogP contribution in [-0.2, 0) is 6.42 Å². The van der Waals surface area contributed by atoms with Gasteiger partial charge in [-0.05, 0) is 56.0 Å². The summed E-state index contributed by atoms with van der Waals surface area (Å²) in [6.45, 7) is 5.96. The van der Waals surface area contributed by atoms with Crippen LogP contribution in [-0.4, -0.2) is 23.1 Å². The molecule has 3 rings (SSSR count). The van der Waals surface area contributed by atoms with Gasteiger partial charge in [-0.2, -0.15) is 4.98 Å². The molecular formula is C22H26N4. The second-order valence-electron chi connectivity index (χ2n) is 6.34. The quantitative estimate of drug-likeness (QED) is 0.584. The smallest absolute Gasteiger partial charge is 0.224 e. The van der Waals surface area contributed by atoms with Crippen LogP contribution in [0.2, 0.25) is 0 Å². The van der Waals surface area contributed by atoms with E-state index < -0.39 is 0 Å². The Morgan fingerprint density at radius 2 is 1.85 bits per heavy atom. The first-order valence-electron chi connectivity index (χ1n) is 9.21. The molecule has 1 N–H and O–H groups in total. The number of hydrogen-bond donors (Lipinski definition) is 1. The lowest BCUT2D eigenvalue weighted by molar-refractivity contribution is 0.851. The van der Waals surface area contributed by atoms with Crippen molar-refractivity contribution in [3.8, 4) is 0 Å². The zero-order chi connectivity index (χ0) is 18.2. The van der Waals surface area contributed by atoms with E-state index in [1.165, 1.54) is 11.1 Å². The van der Waals surface area contributed by atoms with Crippen molar-refractivity contribution in [2.24, 2.45) is 0 Å². The van der Waals surface area contributed by atoms with Gasteiger partial charge in [0.15, 0.2) is 0 Å². The van der Waals surface area contributed by atoms with Crippen molar-refractivity contribution < 1.29 is 0 Å². The molecule has 3 aromatic rings. The molecule has 0 saturated heterocycles. The van der Waals surface area contributed by atoms with Crippen molar-refractivity contribution in [1.29, 1.82) is 0 Å². The molecule has 0 unspecified atom stereocenters. The molecule has 1 aromatic heterocycles. The summed E-state index contributed by atoms with van der Waals surface area (Å²) >= 11 is 0. The Morgan fingerprint density at radius 1 is 1.00 bits per heavy atom. The molecule has 0 saturated carbocycles. The van der Waals surface area contributed by atoms with Gasteiger partial charge in [-0.1, -0.05) is 42.5 Å². The van der Waals surface area contributed by atoms with E-state index in [9.17, 15) is 0 Å². The maximum Gasteiger partial charge on any atom is 0.224 e. The van der Waals surface area contributed by atoms with Crippen LogP contribution in [0, 0.1) is 6.92 Å². The first kappa shape index (κ1) is 17.9. The summed E-state index contributed by atoms with van der Waals surface area (Å²) in [6.07, 6.45) is 3.92. The number of aromatic nitrogens is 2. The Balaban J connectivity index is 1.62. The average Bonchev–Trinajstić information content (AvgIpc) is 2.67. The Kier molecular flexibility index (Phi) is 6.20. The molecule has 0 spiro atoms. The van der Waals surface area contributed by atoms with E-state index in [4.69, 9.17) is 4.98 Å². The molecule has 1 heterocycles. The van der Waals surface area contributed by atoms with Crippen molar-refractivity contribution in [2.75, 3.05) is 23.3 Å². The standard InChI is InChI=1S/C22H26N4/c1-3-26(20-13-7-9-18(2)17-20)21-14-16-24-22(25-21)23-15-8-12-19-10-5-4-6-11-19/h4-7,9-11,13-14,16-17H,3,8,12,15H2,1-2H3,(H,23,24,25). The number of hydrogen-bond acceptors (Lipinski definition) is 4. The predicted octanol–water partition coefficient (Wildman–Crippen LogP) is 4.99. The topological polar surface area (TPSA) is 41.1 Å². The third-order valence-corrected chi connectivity index (χ3v) is 4.32. The summed E-state index contributed by atoms with van der Waals surface area (Å²) in [5.41, 5.74) is 3.76. The maximum absolute atomic E-state index is 4.70. The SMILES string of the molecule is CCN(c1cccc(C)c1)c1ccnc(NCCCc2ccccc2)n1. The van der Waals surface area contributed by atoms with Crippen molar-refractivity contribution in [1.82, 2.24) is 9.97 Å². The van der Waals surface area contributed by atoms with Crippen LogP contribution in [0.4, 0.5) is 17.5 Å². The molecule has 4 heteroatoms. The Hall–Kier alpha value is -2.88. The molecule has 134 valence electrons. The molecule has 4 nitrogen and oxygen atoms in total. The van der Waals surface area contributed by atoms with Gasteiger partial charge in [-0.3, -0.25) is 0 Å². The van der Waals surface area contributed by atoms with Gasteiger partial charge in [-0.25, -0.2) is 4.98 Å². The van der Waals surface area contributed by atoms with Gasteiger partial charge in [0.1, 0.15) is 5.82 Å². The summed E-state index contributed by atoms with van der Waals surface area (Å²) in [7, 11) is 0. The van der Waals surface area contributed by atoms with E-state index in [-0.39, 0.29) is 0 Å². The first-order valence-corrected chi connectivity index (χ1v) is 9.21. The second-order valence-corrected chi connectivity index (χ2v) is 6.34. The number of nitrogens with zero attached hydrogens (tertiary/aromatic N) is 3. The van der Waals surface area contributed by atoms with Gasteiger partial charge in [0, 0.05) is 25.0 Å². The lowest BCUT2D eigenvalue weighted by Gasteiger charge is -2.22. The first-order chi connectivity index (χ1) is 12.8. The highest BCUT2D eigenvalue weighted by atomic mass is 15.2. The lowest BCUT2D eigenvalue weighted by Crippen LogP contribution is -2.18. The van der Waals surface area contributed by atoms with Gasteiger partial charge in [0.2, 0.25) is 5.95 Å². The van der Waals surface area contributed by atoms with Crippen molar-refractivity contribution in [3.05, 3.63) is 78.0 Å². The predicted molar refractivity (Wildman–Crippen MR) is 109 cm³/mol. The van der Waals surface area contributed by atoms with Crippen LogP contribution >= 0.6 is 0 Å². The summed E-state index contributed by atoms with van der Waals surface area (Å²) in [5.74, 6) is 1.60. The zero-order valence-corrected chi connectivity index (χ0v) is 15.5. The normalized spacial score (nSPS) is 10.5. The van der Waals surface area contributed by atoms with Gasteiger partial charge >= 0.3 is 0 Å². The molecule has 0 atom stereocenters. The molecule has 0 radical (unpaired) electrons. The monoisotopic (exact) mass is 346 g/mol. The van der Waals surface area contributed by atoms with Gasteiger partial charge in [0.05, 0.1) is 0 Å². The molecule has 0 aliphatic heterocycles. The molecule has 0 fully saturated rings. The minimum atomic E-state index is 0.682. The highest BCUT2D eigenvalue weighted by molar-refractivity contribution is 5.61. The number of benzene rings is 2. The van der Waals surface area contributed by atoms with E-state index in [0.717, 1.165) is 37.4 Å². The molecule has 2 aromatic carbocycles. The van der Waals surface area contributed by atoms with E-state index >= 15 is 0 Å². The van der Waals surface area contributed by atoms with Crippen LogP contribution in [0.1, 0.15) is 24.5 Å². The number of anilines is 3.